The third kappa shape index (κ3) is 3.78. The van der Waals surface area contributed by atoms with E-state index in [1.165, 1.54) is 6.92 Å². The van der Waals surface area contributed by atoms with Crippen molar-refractivity contribution in [2.45, 2.75) is 26.9 Å². The summed E-state index contributed by atoms with van der Waals surface area (Å²) < 4.78 is 5.45. The number of anilines is 1. The van der Waals surface area contributed by atoms with E-state index in [-0.39, 0.29) is 12.0 Å². The SMILES string of the molecule is CC(=O)Nc1cccc(-c2ccc(OC(C)C)nn2)c1. The highest BCUT2D eigenvalue weighted by molar-refractivity contribution is 5.89. The highest BCUT2D eigenvalue weighted by atomic mass is 16.5. The molecule has 0 aliphatic rings. The van der Waals surface area contributed by atoms with Crippen molar-refractivity contribution < 1.29 is 9.53 Å². The Balaban J connectivity index is 2.20. The molecule has 0 radical (unpaired) electrons. The molecule has 1 amide bonds. The van der Waals surface area contributed by atoms with Crippen LogP contribution in [0.1, 0.15) is 20.8 Å². The van der Waals surface area contributed by atoms with Gasteiger partial charge in [-0.3, -0.25) is 4.79 Å². The second-order valence-corrected chi connectivity index (χ2v) is 4.69. The molecule has 0 atom stereocenters. The van der Waals surface area contributed by atoms with Crippen molar-refractivity contribution in [2.75, 3.05) is 5.32 Å². The molecule has 0 bridgehead atoms. The molecule has 0 fully saturated rings. The number of carbonyl (C=O) groups is 1. The number of nitrogens with zero attached hydrogens (tertiary/aromatic N) is 2. The molecule has 0 unspecified atom stereocenters. The van der Waals surface area contributed by atoms with E-state index >= 15 is 0 Å². The normalized spacial score (nSPS) is 10.4. The van der Waals surface area contributed by atoms with Crippen LogP contribution in [0.4, 0.5) is 5.69 Å². The number of hydrogen-bond donors (Lipinski definition) is 1. The summed E-state index contributed by atoms with van der Waals surface area (Å²) in [5.74, 6) is 0.399. The fourth-order valence-electron chi connectivity index (χ4n) is 1.74. The third-order valence-electron chi connectivity index (χ3n) is 2.48. The fraction of sp³-hybridized carbons (Fsp3) is 0.267. The van der Waals surface area contributed by atoms with E-state index in [1.54, 1.807) is 6.07 Å². The predicted molar refractivity (Wildman–Crippen MR) is 77.5 cm³/mol. The molecule has 0 saturated heterocycles. The molecule has 5 heteroatoms. The van der Waals surface area contributed by atoms with Crippen LogP contribution in [0.5, 0.6) is 5.88 Å². The van der Waals surface area contributed by atoms with Gasteiger partial charge in [-0.25, -0.2) is 0 Å². The molecular weight excluding hydrogens is 254 g/mol. The average molecular weight is 271 g/mol. The lowest BCUT2D eigenvalue weighted by Crippen LogP contribution is -2.07. The number of benzene rings is 1. The van der Waals surface area contributed by atoms with Crippen molar-refractivity contribution in [1.82, 2.24) is 10.2 Å². The van der Waals surface area contributed by atoms with Gasteiger partial charge in [0.1, 0.15) is 0 Å². The molecule has 104 valence electrons. The smallest absolute Gasteiger partial charge is 0.233 e. The Morgan fingerprint density at radius 3 is 2.60 bits per heavy atom. The molecule has 1 heterocycles. The summed E-state index contributed by atoms with van der Waals surface area (Å²) in [6.07, 6.45) is 0.0678. The molecule has 0 aliphatic heterocycles. The van der Waals surface area contributed by atoms with Gasteiger partial charge in [-0.05, 0) is 32.0 Å². The first-order valence-electron chi connectivity index (χ1n) is 6.43. The minimum absolute atomic E-state index is 0.0678. The van der Waals surface area contributed by atoms with Gasteiger partial charge in [0, 0.05) is 24.2 Å². The number of ether oxygens (including phenoxy) is 1. The highest BCUT2D eigenvalue weighted by Crippen LogP contribution is 2.21. The number of nitrogens with one attached hydrogen (secondary N) is 1. The Morgan fingerprint density at radius 1 is 1.20 bits per heavy atom. The van der Waals surface area contributed by atoms with E-state index in [0.717, 1.165) is 16.9 Å². The van der Waals surface area contributed by atoms with E-state index in [2.05, 4.69) is 15.5 Å². The van der Waals surface area contributed by atoms with Gasteiger partial charge in [0.25, 0.3) is 0 Å². The van der Waals surface area contributed by atoms with Crippen molar-refractivity contribution in [2.24, 2.45) is 0 Å². The summed E-state index contributed by atoms with van der Waals surface area (Å²) in [4.78, 5) is 11.1. The Kier molecular flexibility index (Phi) is 4.30. The van der Waals surface area contributed by atoms with Crippen LogP contribution in [0.3, 0.4) is 0 Å². The summed E-state index contributed by atoms with van der Waals surface area (Å²) in [6, 6.07) is 11.1. The second-order valence-electron chi connectivity index (χ2n) is 4.69. The molecule has 1 N–H and O–H groups in total. The number of carbonyl (C=O) groups excluding carboxylic acids is 1. The predicted octanol–water partition coefficient (Wildman–Crippen LogP) is 2.89. The maximum atomic E-state index is 11.1. The first kappa shape index (κ1) is 14.0. The van der Waals surface area contributed by atoms with Crippen LogP contribution < -0.4 is 10.1 Å². The van der Waals surface area contributed by atoms with Gasteiger partial charge in [0.15, 0.2) is 0 Å². The molecule has 0 saturated carbocycles. The van der Waals surface area contributed by atoms with Gasteiger partial charge >= 0.3 is 0 Å². The lowest BCUT2D eigenvalue weighted by molar-refractivity contribution is -0.114. The first-order chi connectivity index (χ1) is 9.54. The minimum Gasteiger partial charge on any atom is -0.474 e. The largest absolute Gasteiger partial charge is 0.474 e. The minimum atomic E-state index is -0.103. The number of rotatable bonds is 4. The van der Waals surface area contributed by atoms with Crippen molar-refractivity contribution >= 4 is 11.6 Å². The standard InChI is InChI=1S/C15H17N3O2/c1-10(2)20-15-8-7-14(17-18-15)12-5-4-6-13(9-12)16-11(3)19/h4-10H,1-3H3,(H,16,19). The molecule has 2 rings (SSSR count). The van der Waals surface area contributed by atoms with Crippen LogP contribution in [0.15, 0.2) is 36.4 Å². The van der Waals surface area contributed by atoms with Crippen molar-refractivity contribution in [3.05, 3.63) is 36.4 Å². The van der Waals surface area contributed by atoms with Crippen LogP contribution in [0.25, 0.3) is 11.3 Å². The zero-order chi connectivity index (χ0) is 14.5. The Bertz CT molecular complexity index is 594. The molecule has 2 aromatic rings. The number of aromatic nitrogens is 2. The average Bonchev–Trinajstić information content (AvgIpc) is 2.38. The van der Waals surface area contributed by atoms with Gasteiger partial charge < -0.3 is 10.1 Å². The fourth-order valence-corrected chi connectivity index (χ4v) is 1.74. The zero-order valence-electron chi connectivity index (χ0n) is 11.8. The lowest BCUT2D eigenvalue weighted by atomic mass is 10.1. The molecule has 1 aromatic carbocycles. The Hall–Kier alpha value is -2.43. The van der Waals surface area contributed by atoms with Crippen LogP contribution in [0.2, 0.25) is 0 Å². The Morgan fingerprint density at radius 2 is 2.00 bits per heavy atom. The topological polar surface area (TPSA) is 64.1 Å². The van der Waals surface area contributed by atoms with Gasteiger partial charge in [0.05, 0.1) is 11.8 Å². The van der Waals surface area contributed by atoms with Crippen molar-refractivity contribution in [3.8, 4) is 17.1 Å². The summed E-state index contributed by atoms with van der Waals surface area (Å²) in [6.45, 7) is 5.35. The zero-order valence-corrected chi connectivity index (χ0v) is 11.8. The lowest BCUT2D eigenvalue weighted by Gasteiger charge is -2.08. The molecule has 0 spiro atoms. The van der Waals surface area contributed by atoms with Gasteiger partial charge in [-0.1, -0.05) is 12.1 Å². The van der Waals surface area contributed by atoms with E-state index in [4.69, 9.17) is 4.74 Å². The maximum Gasteiger partial charge on any atom is 0.233 e. The van der Waals surface area contributed by atoms with E-state index in [1.807, 2.05) is 44.2 Å². The number of amides is 1. The molecule has 1 aromatic heterocycles. The summed E-state index contributed by atoms with van der Waals surface area (Å²) in [5, 5.41) is 10.9. The first-order valence-corrected chi connectivity index (χ1v) is 6.43. The van der Waals surface area contributed by atoms with Crippen LogP contribution >= 0.6 is 0 Å². The monoisotopic (exact) mass is 271 g/mol. The van der Waals surface area contributed by atoms with Gasteiger partial charge in [-0.15, -0.1) is 10.2 Å². The van der Waals surface area contributed by atoms with E-state index < -0.39 is 0 Å². The van der Waals surface area contributed by atoms with Gasteiger partial charge in [0.2, 0.25) is 11.8 Å². The summed E-state index contributed by atoms with van der Waals surface area (Å²) >= 11 is 0. The second kappa shape index (κ2) is 6.14. The van der Waals surface area contributed by atoms with Crippen LogP contribution in [0, 0.1) is 0 Å². The highest BCUT2D eigenvalue weighted by Gasteiger charge is 2.04. The third-order valence-corrected chi connectivity index (χ3v) is 2.48. The molecule has 0 aliphatic carbocycles. The number of hydrogen-bond acceptors (Lipinski definition) is 4. The molecule has 20 heavy (non-hydrogen) atoms. The van der Waals surface area contributed by atoms with E-state index in [9.17, 15) is 4.79 Å². The molecule has 5 nitrogen and oxygen atoms in total. The van der Waals surface area contributed by atoms with Crippen LogP contribution in [-0.2, 0) is 4.79 Å². The maximum absolute atomic E-state index is 11.1. The quantitative estimate of drug-likeness (QED) is 0.928. The van der Waals surface area contributed by atoms with Crippen molar-refractivity contribution in [3.63, 3.8) is 0 Å². The summed E-state index contributed by atoms with van der Waals surface area (Å²) in [5.41, 5.74) is 2.35. The van der Waals surface area contributed by atoms with Gasteiger partial charge in [-0.2, -0.15) is 0 Å². The van der Waals surface area contributed by atoms with Crippen molar-refractivity contribution in [1.29, 1.82) is 0 Å². The Labute approximate surface area is 118 Å². The molecular formula is C15H17N3O2. The summed E-state index contributed by atoms with van der Waals surface area (Å²) in [7, 11) is 0. The van der Waals surface area contributed by atoms with E-state index in [0.29, 0.717) is 5.88 Å². The van der Waals surface area contributed by atoms with Crippen LogP contribution in [-0.4, -0.2) is 22.2 Å².